The van der Waals surface area contributed by atoms with E-state index in [-0.39, 0.29) is 19.0 Å². The van der Waals surface area contributed by atoms with Crippen LogP contribution in [-0.2, 0) is 0 Å². The highest BCUT2D eigenvalue weighted by Gasteiger charge is 2.21. The lowest BCUT2D eigenvalue weighted by Gasteiger charge is -2.02. The molecule has 4 heteroatoms. The summed E-state index contributed by atoms with van der Waals surface area (Å²) in [4.78, 5) is 11.2. The normalized spacial score (nSPS) is 12.9. The van der Waals surface area contributed by atoms with Crippen molar-refractivity contribution in [3.8, 4) is 17.6 Å². The molecular formula is C10H7NO3. The molecule has 0 atom stereocenters. The quantitative estimate of drug-likeness (QED) is 0.700. The zero-order valence-corrected chi connectivity index (χ0v) is 7.32. The van der Waals surface area contributed by atoms with Crippen molar-refractivity contribution >= 4 is 5.78 Å². The van der Waals surface area contributed by atoms with Gasteiger partial charge in [0.05, 0.1) is 5.56 Å². The fourth-order valence-corrected chi connectivity index (χ4v) is 1.28. The van der Waals surface area contributed by atoms with Gasteiger partial charge in [-0.2, -0.15) is 5.26 Å². The molecule has 0 saturated carbocycles. The first kappa shape index (κ1) is 8.57. The van der Waals surface area contributed by atoms with E-state index in [1.165, 1.54) is 0 Å². The maximum Gasteiger partial charge on any atom is 0.203 e. The van der Waals surface area contributed by atoms with Crippen LogP contribution in [0.1, 0.15) is 10.4 Å². The third-order valence-corrected chi connectivity index (χ3v) is 1.92. The Balaban J connectivity index is 2.25. The van der Waals surface area contributed by atoms with Gasteiger partial charge in [-0.3, -0.25) is 4.79 Å². The SMILES string of the molecule is N#CCOc1ccc2c(c1)OCC2=O. The van der Waals surface area contributed by atoms with E-state index in [0.29, 0.717) is 17.1 Å². The van der Waals surface area contributed by atoms with Gasteiger partial charge in [-0.25, -0.2) is 0 Å². The third-order valence-electron chi connectivity index (χ3n) is 1.92. The number of fused-ring (bicyclic) bond motifs is 1. The lowest BCUT2D eigenvalue weighted by molar-refractivity contribution is 0.0961. The highest BCUT2D eigenvalue weighted by molar-refractivity contribution is 6.02. The zero-order chi connectivity index (χ0) is 9.97. The molecule has 0 aliphatic carbocycles. The van der Waals surface area contributed by atoms with E-state index in [1.807, 2.05) is 6.07 Å². The third kappa shape index (κ3) is 1.40. The van der Waals surface area contributed by atoms with Crippen LogP contribution < -0.4 is 9.47 Å². The lowest BCUT2D eigenvalue weighted by Crippen LogP contribution is -1.98. The Kier molecular flexibility index (Phi) is 2.07. The highest BCUT2D eigenvalue weighted by atomic mass is 16.5. The number of ether oxygens (including phenoxy) is 2. The molecule has 2 rings (SSSR count). The Morgan fingerprint density at radius 1 is 1.57 bits per heavy atom. The first-order valence-electron chi connectivity index (χ1n) is 4.11. The van der Waals surface area contributed by atoms with Gasteiger partial charge in [0.1, 0.15) is 17.6 Å². The molecule has 1 heterocycles. The second-order valence-corrected chi connectivity index (χ2v) is 2.82. The number of hydrogen-bond acceptors (Lipinski definition) is 4. The Labute approximate surface area is 80.7 Å². The van der Waals surface area contributed by atoms with Crippen molar-refractivity contribution in [2.45, 2.75) is 0 Å². The van der Waals surface area contributed by atoms with Crippen molar-refractivity contribution in [1.82, 2.24) is 0 Å². The van der Waals surface area contributed by atoms with Gasteiger partial charge >= 0.3 is 0 Å². The van der Waals surface area contributed by atoms with Crippen LogP contribution >= 0.6 is 0 Å². The summed E-state index contributed by atoms with van der Waals surface area (Å²) in [6.45, 7) is 0.0871. The molecule has 0 aromatic heterocycles. The number of carbonyl (C=O) groups excluding carboxylic acids is 1. The molecule has 0 fully saturated rings. The standard InChI is InChI=1S/C10H7NO3/c11-3-4-13-7-1-2-8-9(12)6-14-10(8)5-7/h1-2,5H,4,6H2. The Morgan fingerprint density at radius 3 is 3.21 bits per heavy atom. The van der Waals surface area contributed by atoms with Crippen LogP contribution in [-0.4, -0.2) is 19.0 Å². The van der Waals surface area contributed by atoms with Gasteiger partial charge in [0.2, 0.25) is 5.78 Å². The molecule has 0 bridgehead atoms. The number of nitriles is 1. The van der Waals surface area contributed by atoms with Gasteiger partial charge < -0.3 is 9.47 Å². The average molecular weight is 189 g/mol. The molecule has 1 aromatic rings. The Hall–Kier alpha value is -2.02. The Bertz CT molecular complexity index is 420. The van der Waals surface area contributed by atoms with E-state index < -0.39 is 0 Å². The molecule has 4 nitrogen and oxygen atoms in total. The van der Waals surface area contributed by atoms with Crippen LogP contribution in [0, 0.1) is 11.3 Å². The fraction of sp³-hybridized carbons (Fsp3) is 0.200. The van der Waals surface area contributed by atoms with Gasteiger partial charge in [0.25, 0.3) is 0 Å². The van der Waals surface area contributed by atoms with Gasteiger partial charge in [-0.1, -0.05) is 0 Å². The van der Waals surface area contributed by atoms with Crippen LogP contribution in [0.2, 0.25) is 0 Å². The molecular weight excluding hydrogens is 182 g/mol. The van der Waals surface area contributed by atoms with E-state index in [9.17, 15) is 4.79 Å². The summed E-state index contributed by atoms with van der Waals surface area (Å²) in [6.07, 6.45) is 0. The maximum atomic E-state index is 11.2. The summed E-state index contributed by atoms with van der Waals surface area (Å²) in [6, 6.07) is 6.79. The molecule has 0 radical (unpaired) electrons. The second-order valence-electron chi connectivity index (χ2n) is 2.82. The van der Waals surface area contributed by atoms with Gasteiger partial charge in [-0.15, -0.1) is 0 Å². The van der Waals surface area contributed by atoms with Crippen molar-refractivity contribution in [3.63, 3.8) is 0 Å². The minimum absolute atomic E-state index is 0.00721. The van der Waals surface area contributed by atoms with Crippen LogP contribution in [0.4, 0.5) is 0 Å². The predicted molar refractivity (Wildman–Crippen MR) is 47.4 cm³/mol. The number of benzene rings is 1. The second kappa shape index (κ2) is 3.38. The summed E-state index contributed by atoms with van der Waals surface area (Å²) < 4.78 is 10.2. The number of ketones is 1. The van der Waals surface area contributed by atoms with E-state index in [0.717, 1.165) is 0 Å². The minimum atomic E-state index is -0.0215. The number of rotatable bonds is 2. The van der Waals surface area contributed by atoms with E-state index in [4.69, 9.17) is 14.7 Å². The van der Waals surface area contributed by atoms with Crippen LogP contribution in [0.3, 0.4) is 0 Å². The van der Waals surface area contributed by atoms with Crippen LogP contribution in [0.15, 0.2) is 18.2 Å². The molecule has 70 valence electrons. The van der Waals surface area contributed by atoms with Crippen molar-refractivity contribution in [2.24, 2.45) is 0 Å². The molecule has 1 aliphatic rings. The molecule has 1 aliphatic heterocycles. The zero-order valence-electron chi connectivity index (χ0n) is 7.32. The molecule has 0 N–H and O–H groups in total. The summed E-state index contributed by atoms with van der Waals surface area (Å²) >= 11 is 0. The predicted octanol–water partition coefficient (Wildman–Crippen LogP) is 1.16. The number of carbonyl (C=O) groups is 1. The number of hydrogen-bond donors (Lipinski definition) is 0. The topological polar surface area (TPSA) is 59.3 Å². The Morgan fingerprint density at radius 2 is 2.43 bits per heavy atom. The van der Waals surface area contributed by atoms with Gasteiger partial charge in [0, 0.05) is 6.07 Å². The maximum absolute atomic E-state index is 11.2. The van der Waals surface area contributed by atoms with E-state index >= 15 is 0 Å². The van der Waals surface area contributed by atoms with Crippen molar-refractivity contribution in [2.75, 3.05) is 13.2 Å². The van der Waals surface area contributed by atoms with Gasteiger partial charge in [-0.05, 0) is 12.1 Å². The average Bonchev–Trinajstić information content (AvgIpc) is 2.57. The molecule has 1 aromatic carbocycles. The lowest BCUT2D eigenvalue weighted by atomic mass is 10.1. The fourth-order valence-electron chi connectivity index (χ4n) is 1.28. The van der Waals surface area contributed by atoms with E-state index in [1.54, 1.807) is 18.2 Å². The number of nitrogens with zero attached hydrogens (tertiary/aromatic N) is 1. The summed E-state index contributed by atoms with van der Waals surface area (Å²) in [7, 11) is 0. The summed E-state index contributed by atoms with van der Waals surface area (Å²) in [5, 5.41) is 8.30. The monoisotopic (exact) mass is 189 g/mol. The smallest absolute Gasteiger partial charge is 0.203 e. The van der Waals surface area contributed by atoms with Crippen molar-refractivity contribution < 1.29 is 14.3 Å². The van der Waals surface area contributed by atoms with Crippen LogP contribution in [0.5, 0.6) is 11.5 Å². The molecule has 0 spiro atoms. The first-order chi connectivity index (χ1) is 6.81. The first-order valence-corrected chi connectivity index (χ1v) is 4.11. The molecule has 0 saturated heterocycles. The minimum Gasteiger partial charge on any atom is -0.485 e. The summed E-state index contributed by atoms with van der Waals surface area (Å²) in [5.74, 6) is 1.05. The molecule has 0 unspecified atom stereocenters. The number of Topliss-reactive ketones (excluding diaryl/α,β-unsaturated/α-hetero) is 1. The van der Waals surface area contributed by atoms with E-state index in [2.05, 4.69) is 0 Å². The largest absolute Gasteiger partial charge is 0.485 e. The van der Waals surface area contributed by atoms with Crippen molar-refractivity contribution in [1.29, 1.82) is 5.26 Å². The highest BCUT2D eigenvalue weighted by Crippen LogP contribution is 2.29. The molecule has 14 heavy (non-hydrogen) atoms. The van der Waals surface area contributed by atoms with Gasteiger partial charge in [0.15, 0.2) is 13.2 Å². The van der Waals surface area contributed by atoms with Crippen molar-refractivity contribution in [3.05, 3.63) is 23.8 Å². The molecule has 0 amide bonds. The van der Waals surface area contributed by atoms with Crippen LogP contribution in [0.25, 0.3) is 0 Å². The summed E-state index contributed by atoms with van der Waals surface area (Å²) in [5.41, 5.74) is 0.578.